The van der Waals surface area contributed by atoms with Crippen LogP contribution >= 0.6 is 0 Å². The van der Waals surface area contributed by atoms with Crippen LogP contribution in [0.2, 0.25) is 0 Å². The number of benzene rings is 1. The van der Waals surface area contributed by atoms with Gasteiger partial charge in [-0.1, -0.05) is 61.2 Å². The zero-order valence-electron chi connectivity index (χ0n) is 26.9. The molecule has 43 heavy (non-hydrogen) atoms. The summed E-state index contributed by atoms with van der Waals surface area (Å²) in [4.78, 5) is 2.28. The number of aromatic nitrogens is 4. The first-order valence-corrected chi connectivity index (χ1v) is 15.2. The largest absolute Gasteiger partial charge is 0.387 e. The van der Waals surface area contributed by atoms with Gasteiger partial charge in [0.1, 0.15) is 6.73 Å². The van der Waals surface area contributed by atoms with E-state index < -0.39 is 0 Å². The molecule has 1 aliphatic carbocycles. The van der Waals surface area contributed by atoms with Crippen molar-refractivity contribution >= 4 is 5.57 Å². The van der Waals surface area contributed by atoms with E-state index in [1.165, 1.54) is 16.7 Å². The molecule has 2 heterocycles. The zero-order valence-corrected chi connectivity index (χ0v) is 26.9. The molecule has 0 spiro atoms. The van der Waals surface area contributed by atoms with Crippen molar-refractivity contribution in [1.82, 2.24) is 35.9 Å². The molecule has 2 unspecified atom stereocenters. The highest BCUT2D eigenvalue weighted by molar-refractivity contribution is 5.69. The number of ether oxygens (including phenoxy) is 1. The van der Waals surface area contributed by atoms with Crippen LogP contribution in [0.3, 0.4) is 0 Å². The first kappa shape index (κ1) is 32.4. The molecule has 0 saturated carbocycles. The fourth-order valence-electron chi connectivity index (χ4n) is 6.61. The average molecular weight is 588 g/mol. The maximum Gasteiger partial charge on any atom is 0.201 e. The van der Waals surface area contributed by atoms with Gasteiger partial charge in [0.05, 0.1) is 5.70 Å². The lowest BCUT2D eigenvalue weighted by molar-refractivity contribution is -0.196. The van der Waals surface area contributed by atoms with Crippen LogP contribution in [0, 0.1) is 5.92 Å². The van der Waals surface area contributed by atoms with E-state index in [-0.39, 0.29) is 22.9 Å². The number of hydroxylamine groups is 2. The molecule has 232 valence electrons. The van der Waals surface area contributed by atoms with E-state index in [9.17, 15) is 5.21 Å². The molecule has 9 heteroatoms. The lowest BCUT2D eigenvalue weighted by Gasteiger charge is -2.36. The van der Waals surface area contributed by atoms with E-state index in [1.54, 1.807) is 5.06 Å². The van der Waals surface area contributed by atoms with Crippen LogP contribution in [0.25, 0.3) is 5.57 Å². The second kappa shape index (κ2) is 13.8. The van der Waals surface area contributed by atoms with Crippen molar-refractivity contribution in [3.8, 4) is 0 Å². The van der Waals surface area contributed by atoms with Crippen molar-refractivity contribution in [3.05, 3.63) is 95.1 Å². The summed E-state index contributed by atoms with van der Waals surface area (Å²) in [6.45, 7) is 18.5. The lowest BCUT2D eigenvalue weighted by atomic mass is 9.81. The summed E-state index contributed by atoms with van der Waals surface area (Å²) in [7, 11) is 1.97. The Morgan fingerprint density at radius 1 is 1.26 bits per heavy atom. The molecular weight excluding hydrogens is 538 g/mol. The van der Waals surface area contributed by atoms with Crippen molar-refractivity contribution in [3.63, 3.8) is 0 Å². The minimum atomic E-state index is -0.351. The topological polar surface area (TPSA) is 102 Å². The Morgan fingerprint density at radius 2 is 2.00 bits per heavy atom. The van der Waals surface area contributed by atoms with Gasteiger partial charge < -0.3 is 20.2 Å². The first-order chi connectivity index (χ1) is 20.5. The Morgan fingerprint density at radius 3 is 2.58 bits per heavy atom. The lowest BCUT2D eigenvalue weighted by Crippen LogP contribution is -2.47. The smallest absolute Gasteiger partial charge is 0.201 e. The fourth-order valence-corrected chi connectivity index (χ4v) is 6.61. The maximum absolute atomic E-state index is 10.9. The molecular formula is C34H49N7O2. The molecule has 0 radical (unpaired) electrons. The molecule has 2 atom stereocenters. The first-order valence-electron chi connectivity index (χ1n) is 15.2. The Kier molecular flexibility index (Phi) is 10.4. The number of H-pyrrole nitrogens is 1. The number of tetrazole rings is 1. The van der Waals surface area contributed by atoms with Gasteiger partial charge in [-0.05, 0) is 88.6 Å². The third kappa shape index (κ3) is 7.17. The maximum atomic E-state index is 10.9. The number of hydrogen-bond acceptors (Lipinski definition) is 8. The molecule has 2 aromatic rings. The van der Waals surface area contributed by atoms with Crippen molar-refractivity contribution in [1.29, 1.82) is 0 Å². The van der Waals surface area contributed by atoms with Crippen LogP contribution in [0.15, 0.2) is 78.2 Å². The van der Waals surface area contributed by atoms with Crippen molar-refractivity contribution in [2.45, 2.75) is 84.3 Å². The van der Waals surface area contributed by atoms with Gasteiger partial charge in [-0.15, -0.1) is 10.2 Å². The summed E-state index contributed by atoms with van der Waals surface area (Å²) in [5.41, 5.74) is 6.18. The average Bonchev–Trinajstić information content (AvgIpc) is 3.58. The summed E-state index contributed by atoms with van der Waals surface area (Å²) in [5, 5.41) is 30.7. The van der Waals surface area contributed by atoms with E-state index in [0.29, 0.717) is 25.7 Å². The van der Waals surface area contributed by atoms with Crippen LogP contribution in [-0.4, -0.2) is 67.3 Å². The third-order valence-electron chi connectivity index (χ3n) is 9.03. The molecule has 1 fully saturated rings. The summed E-state index contributed by atoms with van der Waals surface area (Å²) < 4.78 is 5.95. The Labute approximate surface area is 257 Å². The van der Waals surface area contributed by atoms with Crippen LogP contribution < -0.4 is 5.32 Å². The van der Waals surface area contributed by atoms with Gasteiger partial charge in [0.25, 0.3) is 0 Å². The molecule has 1 aromatic heterocycles. The number of nitrogens with zero attached hydrogens (tertiary/aromatic N) is 5. The monoisotopic (exact) mass is 587 g/mol. The molecule has 2 aliphatic rings. The van der Waals surface area contributed by atoms with Gasteiger partial charge in [-0.3, -0.25) is 0 Å². The quantitative estimate of drug-likeness (QED) is 0.184. The second-order valence-electron chi connectivity index (χ2n) is 12.7. The molecule has 4 rings (SSSR count). The minimum Gasteiger partial charge on any atom is -0.387 e. The number of allylic oxidation sites excluding steroid dienone is 8. The van der Waals surface area contributed by atoms with Crippen molar-refractivity contribution in [2.24, 2.45) is 5.92 Å². The van der Waals surface area contributed by atoms with E-state index in [4.69, 9.17) is 4.74 Å². The standard InChI is InChI=1S/C34H49N7O2/c1-9-13-27(20-28-21-33(4,5)41(42)34(28,6)7)31(35-8)24(3)40(23-43-10-2)22-25-16-18-26(19-17-25)29-14-11-12-15-30(29)32-36-38-39-37-32/h9,11-13,15-19,28-29,35,42H,1,10,14,20-23H2,2-8H3,(H,36,37,38,39)/b27-13-,31-24-. The molecule has 0 amide bonds. The van der Waals surface area contributed by atoms with Gasteiger partial charge in [-0.2, -0.15) is 10.3 Å². The highest BCUT2D eigenvalue weighted by Crippen LogP contribution is 2.47. The molecule has 3 N–H and O–H groups in total. The predicted octanol–water partition coefficient (Wildman–Crippen LogP) is 6.34. The zero-order chi connectivity index (χ0) is 31.2. The van der Waals surface area contributed by atoms with Gasteiger partial charge in [0.2, 0.25) is 5.82 Å². The van der Waals surface area contributed by atoms with Crippen molar-refractivity contribution < 1.29 is 9.94 Å². The Bertz CT molecular complexity index is 1350. The number of likely N-dealkylation sites (N-methyl/N-ethyl adjacent to an activating group) is 1. The van der Waals surface area contributed by atoms with E-state index in [0.717, 1.165) is 36.2 Å². The van der Waals surface area contributed by atoms with Crippen molar-refractivity contribution in [2.75, 3.05) is 20.4 Å². The molecule has 9 nitrogen and oxygen atoms in total. The minimum absolute atomic E-state index is 0.181. The van der Waals surface area contributed by atoms with Crippen LogP contribution in [0.1, 0.15) is 83.7 Å². The highest BCUT2D eigenvalue weighted by atomic mass is 16.5. The van der Waals surface area contributed by atoms with E-state index >= 15 is 0 Å². The number of rotatable bonds is 13. The Hall–Kier alpha value is -3.53. The van der Waals surface area contributed by atoms with Crippen LogP contribution in [-0.2, 0) is 11.3 Å². The van der Waals surface area contributed by atoms with Gasteiger partial charge in [-0.25, -0.2) is 0 Å². The molecule has 0 bridgehead atoms. The summed E-state index contributed by atoms with van der Waals surface area (Å²) in [6, 6.07) is 8.81. The summed E-state index contributed by atoms with van der Waals surface area (Å²) >= 11 is 0. The molecule has 1 aliphatic heterocycles. The molecule has 1 saturated heterocycles. The van der Waals surface area contributed by atoms with E-state index in [2.05, 4.69) is 121 Å². The summed E-state index contributed by atoms with van der Waals surface area (Å²) in [5.74, 6) is 1.09. The molecule has 1 aromatic carbocycles. The third-order valence-corrected chi connectivity index (χ3v) is 9.03. The fraction of sp³-hybridized carbons (Fsp3) is 0.500. The second-order valence-corrected chi connectivity index (χ2v) is 12.7. The number of hydrogen-bond donors (Lipinski definition) is 3. The predicted molar refractivity (Wildman–Crippen MR) is 172 cm³/mol. The van der Waals surface area contributed by atoms with Gasteiger partial charge in [0.15, 0.2) is 0 Å². The number of aromatic amines is 1. The highest BCUT2D eigenvalue weighted by Gasteiger charge is 2.51. The SMILES string of the molecule is C=C/C=C(CC1CC(C)(C)N(O)C1(C)C)\C(NC)=C(/C)N(COCC)Cc1ccc(C2CC=CC=C2c2nn[nH]n2)cc1. The number of nitrogens with one attached hydrogen (secondary N) is 2. The van der Waals surface area contributed by atoms with E-state index in [1.807, 2.05) is 20.0 Å². The van der Waals surface area contributed by atoms with Crippen LogP contribution in [0.4, 0.5) is 0 Å². The van der Waals surface area contributed by atoms with Gasteiger partial charge >= 0.3 is 0 Å². The normalized spacial score (nSPS) is 22.2. The van der Waals surface area contributed by atoms with Gasteiger partial charge in [0, 0.05) is 48.5 Å². The summed E-state index contributed by atoms with van der Waals surface area (Å²) in [6.07, 6.45) is 12.9. The van der Waals surface area contributed by atoms with Crippen LogP contribution in [0.5, 0.6) is 0 Å². The Balaban J connectivity index is 1.58.